The zero-order valence-corrected chi connectivity index (χ0v) is 9.89. The van der Waals surface area contributed by atoms with Crippen molar-refractivity contribution in [2.75, 3.05) is 0 Å². The van der Waals surface area contributed by atoms with Crippen LogP contribution in [0.1, 0.15) is 29.8 Å². The van der Waals surface area contributed by atoms with E-state index in [-0.39, 0.29) is 0 Å². The summed E-state index contributed by atoms with van der Waals surface area (Å²) in [7, 11) is 0. The Bertz CT molecular complexity index is 514. The minimum Gasteiger partial charge on any atom is -0.325 e. The number of para-hydroxylation sites is 1. The minimum absolute atomic E-state index is 0.544. The minimum atomic E-state index is 0.544. The third-order valence-corrected chi connectivity index (χ3v) is 3.46. The van der Waals surface area contributed by atoms with Gasteiger partial charge in [-0.15, -0.1) is 0 Å². The van der Waals surface area contributed by atoms with Crippen LogP contribution in [0.25, 0.3) is 5.69 Å². The van der Waals surface area contributed by atoms with Crippen molar-refractivity contribution in [2.24, 2.45) is 5.73 Å². The number of rotatable bonds is 2. The van der Waals surface area contributed by atoms with E-state index in [0.29, 0.717) is 6.54 Å². The highest BCUT2D eigenvalue weighted by Crippen LogP contribution is 2.26. The van der Waals surface area contributed by atoms with Crippen LogP contribution in [0, 0.1) is 0 Å². The molecule has 1 heterocycles. The first-order valence-corrected chi connectivity index (χ1v) is 6.25. The first-order valence-electron chi connectivity index (χ1n) is 6.25. The zero-order chi connectivity index (χ0) is 11.7. The molecule has 1 aliphatic carbocycles. The predicted molar refractivity (Wildman–Crippen MR) is 68.1 cm³/mol. The molecule has 0 unspecified atom stereocenters. The standard InChI is InChI=1S/C14H17N3/c15-10-13-12-8-4-5-9-14(12)17(16-13)11-6-2-1-3-7-11/h1-3,6-7H,4-5,8-10,15H2. The smallest absolute Gasteiger partial charge is 0.0799 e. The first kappa shape index (κ1) is 10.5. The normalized spacial score (nSPS) is 14.6. The average molecular weight is 227 g/mol. The largest absolute Gasteiger partial charge is 0.325 e. The second-order valence-electron chi connectivity index (χ2n) is 4.53. The fourth-order valence-corrected chi connectivity index (χ4v) is 2.62. The van der Waals surface area contributed by atoms with Gasteiger partial charge < -0.3 is 5.73 Å². The molecule has 1 aliphatic rings. The van der Waals surface area contributed by atoms with Crippen molar-refractivity contribution in [3.8, 4) is 5.69 Å². The Morgan fingerprint density at radius 1 is 1.12 bits per heavy atom. The number of nitrogens with two attached hydrogens (primary N) is 1. The lowest BCUT2D eigenvalue weighted by Gasteiger charge is -2.14. The van der Waals surface area contributed by atoms with Crippen molar-refractivity contribution in [2.45, 2.75) is 32.2 Å². The molecule has 1 aromatic carbocycles. The number of fused-ring (bicyclic) bond motifs is 1. The molecule has 0 spiro atoms. The summed E-state index contributed by atoms with van der Waals surface area (Å²) in [5.74, 6) is 0. The average Bonchev–Trinajstić information content (AvgIpc) is 2.78. The number of hydrogen-bond donors (Lipinski definition) is 1. The zero-order valence-electron chi connectivity index (χ0n) is 9.89. The maximum absolute atomic E-state index is 5.79. The lowest BCUT2D eigenvalue weighted by Crippen LogP contribution is -2.08. The Balaban J connectivity index is 2.14. The molecule has 88 valence electrons. The maximum Gasteiger partial charge on any atom is 0.0799 e. The van der Waals surface area contributed by atoms with Crippen LogP contribution >= 0.6 is 0 Å². The van der Waals surface area contributed by atoms with E-state index in [1.807, 2.05) is 18.2 Å². The quantitative estimate of drug-likeness (QED) is 0.854. The Hall–Kier alpha value is -1.61. The van der Waals surface area contributed by atoms with Gasteiger partial charge in [0.25, 0.3) is 0 Å². The molecule has 3 rings (SSSR count). The second-order valence-corrected chi connectivity index (χ2v) is 4.53. The van der Waals surface area contributed by atoms with Gasteiger partial charge in [0.1, 0.15) is 0 Å². The molecule has 17 heavy (non-hydrogen) atoms. The van der Waals surface area contributed by atoms with Crippen molar-refractivity contribution in [3.63, 3.8) is 0 Å². The van der Waals surface area contributed by atoms with Crippen molar-refractivity contribution in [1.82, 2.24) is 9.78 Å². The number of nitrogens with zero attached hydrogens (tertiary/aromatic N) is 2. The molecule has 0 fully saturated rings. The molecule has 0 radical (unpaired) electrons. The van der Waals surface area contributed by atoms with Crippen LogP contribution < -0.4 is 5.73 Å². The molecule has 2 N–H and O–H groups in total. The van der Waals surface area contributed by atoms with Gasteiger partial charge in [-0.25, -0.2) is 4.68 Å². The highest BCUT2D eigenvalue weighted by Gasteiger charge is 2.20. The maximum atomic E-state index is 5.79. The van der Waals surface area contributed by atoms with E-state index in [2.05, 4.69) is 21.9 Å². The van der Waals surface area contributed by atoms with Crippen LogP contribution in [0.5, 0.6) is 0 Å². The van der Waals surface area contributed by atoms with Gasteiger partial charge in [0.2, 0.25) is 0 Å². The van der Waals surface area contributed by atoms with Gasteiger partial charge in [-0.3, -0.25) is 0 Å². The lowest BCUT2D eigenvalue weighted by molar-refractivity contribution is 0.653. The van der Waals surface area contributed by atoms with Crippen molar-refractivity contribution >= 4 is 0 Å². The van der Waals surface area contributed by atoms with Gasteiger partial charge in [-0.1, -0.05) is 18.2 Å². The molecular weight excluding hydrogens is 210 g/mol. The number of benzene rings is 1. The van der Waals surface area contributed by atoms with Crippen LogP contribution in [-0.2, 0) is 19.4 Å². The topological polar surface area (TPSA) is 43.8 Å². The molecule has 0 saturated carbocycles. The van der Waals surface area contributed by atoms with Gasteiger partial charge in [0, 0.05) is 12.2 Å². The van der Waals surface area contributed by atoms with Gasteiger partial charge in [0.15, 0.2) is 0 Å². The van der Waals surface area contributed by atoms with Crippen molar-refractivity contribution < 1.29 is 0 Å². The molecule has 0 atom stereocenters. The van der Waals surface area contributed by atoms with E-state index < -0.39 is 0 Å². The summed E-state index contributed by atoms with van der Waals surface area (Å²) in [4.78, 5) is 0. The Kier molecular flexibility index (Phi) is 2.69. The molecule has 0 saturated heterocycles. The second kappa shape index (κ2) is 4.34. The molecule has 0 amide bonds. The molecule has 3 heteroatoms. The monoisotopic (exact) mass is 227 g/mol. The summed E-state index contributed by atoms with van der Waals surface area (Å²) < 4.78 is 2.08. The number of hydrogen-bond acceptors (Lipinski definition) is 2. The van der Waals surface area contributed by atoms with Crippen molar-refractivity contribution in [1.29, 1.82) is 0 Å². The van der Waals surface area contributed by atoms with Crippen LogP contribution in [0.4, 0.5) is 0 Å². The molecule has 3 nitrogen and oxygen atoms in total. The third-order valence-electron chi connectivity index (χ3n) is 3.46. The summed E-state index contributed by atoms with van der Waals surface area (Å²) in [5.41, 5.74) is 10.8. The van der Waals surface area contributed by atoms with Crippen LogP contribution in [0.3, 0.4) is 0 Å². The van der Waals surface area contributed by atoms with Crippen molar-refractivity contribution in [3.05, 3.63) is 47.3 Å². The summed E-state index contributed by atoms with van der Waals surface area (Å²) in [5, 5.41) is 4.67. The fraction of sp³-hybridized carbons (Fsp3) is 0.357. The first-order chi connectivity index (χ1) is 8.40. The van der Waals surface area contributed by atoms with Crippen LogP contribution in [-0.4, -0.2) is 9.78 Å². The van der Waals surface area contributed by atoms with Crippen LogP contribution in [0.15, 0.2) is 30.3 Å². The van der Waals surface area contributed by atoms with E-state index in [1.54, 1.807) is 0 Å². The highest BCUT2D eigenvalue weighted by molar-refractivity contribution is 5.38. The summed E-state index contributed by atoms with van der Waals surface area (Å²) >= 11 is 0. The molecule has 1 aromatic heterocycles. The van der Waals surface area contributed by atoms with E-state index in [4.69, 9.17) is 5.73 Å². The Morgan fingerprint density at radius 2 is 1.88 bits per heavy atom. The molecule has 0 aliphatic heterocycles. The Morgan fingerprint density at radius 3 is 2.65 bits per heavy atom. The highest BCUT2D eigenvalue weighted by atomic mass is 15.3. The van der Waals surface area contributed by atoms with Gasteiger partial charge in [-0.05, 0) is 43.4 Å². The Labute approximate surface area is 101 Å². The number of aromatic nitrogens is 2. The molecule has 0 bridgehead atoms. The third kappa shape index (κ3) is 1.76. The molecular formula is C14H17N3. The van der Waals surface area contributed by atoms with E-state index in [0.717, 1.165) is 24.2 Å². The van der Waals surface area contributed by atoms with E-state index in [1.165, 1.54) is 24.1 Å². The van der Waals surface area contributed by atoms with Gasteiger partial charge >= 0.3 is 0 Å². The summed E-state index contributed by atoms with van der Waals surface area (Å²) in [6, 6.07) is 10.3. The van der Waals surface area contributed by atoms with E-state index in [9.17, 15) is 0 Å². The summed E-state index contributed by atoms with van der Waals surface area (Å²) in [6.07, 6.45) is 4.78. The van der Waals surface area contributed by atoms with Crippen LogP contribution in [0.2, 0.25) is 0 Å². The van der Waals surface area contributed by atoms with E-state index >= 15 is 0 Å². The molecule has 2 aromatic rings. The lowest BCUT2D eigenvalue weighted by atomic mass is 9.95. The fourth-order valence-electron chi connectivity index (χ4n) is 2.62. The van der Waals surface area contributed by atoms with Gasteiger partial charge in [-0.2, -0.15) is 5.10 Å². The van der Waals surface area contributed by atoms with Gasteiger partial charge in [0.05, 0.1) is 11.4 Å². The predicted octanol–water partition coefficient (Wildman–Crippen LogP) is 2.21. The SMILES string of the molecule is NCc1nn(-c2ccccc2)c2c1CCCC2. The summed E-state index contributed by atoms with van der Waals surface area (Å²) in [6.45, 7) is 0.544.